The van der Waals surface area contributed by atoms with Gasteiger partial charge in [0.15, 0.2) is 6.23 Å². The molecule has 10 heteroatoms. The minimum absolute atomic E-state index is 0.340. The molecule has 5 N–H and O–H groups in total. The van der Waals surface area contributed by atoms with Gasteiger partial charge in [-0.15, -0.1) is 0 Å². The van der Waals surface area contributed by atoms with Crippen molar-refractivity contribution in [3.05, 3.63) is 22.6 Å². The van der Waals surface area contributed by atoms with Crippen molar-refractivity contribution in [1.29, 1.82) is 0 Å². The Morgan fingerprint density at radius 1 is 1.50 bits per heavy atom. The molecular weight excluding hydrogens is 342 g/mol. The molecule has 4 atom stereocenters. The maximum absolute atomic E-state index is 12.0. The van der Waals surface area contributed by atoms with Gasteiger partial charge in [0.25, 0.3) is 5.56 Å². The van der Waals surface area contributed by atoms with Crippen LogP contribution in [0.15, 0.2) is 22.1 Å². The van der Waals surface area contributed by atoms with Gasteiger partial charge in [-0.3, -0.25) is 4.79 Å². The van der Waals surface area contributed by atoms with Crippen LogP contribution in [0.5, 0.6) is 0 Å². The summed E-state index contributed by atoms with van der Waals surface area (Å²) in [5, 5.41) is 37.5. The third kappa shape index (κ3) is 2.23. The topological polar surface area (TPSA) is 141 Å². The molecule has 1 saturated heterocycles. The lowest BCUT2D eigenvalue weighted by Crippen LogP contribution is -2.44. The van der Waals surface area contributed by atoms with E-state index in [9.17, 15) is 20.1 Å². The van der Waals surface area contributed by atoms with E-state index in [1.807, 2.05) is 0 Å². The molecule has 0 bridgehead atoms. The summed E-state index contributed by atoms with van der Waals surface area (Å²) in [6.07, 6.45) is -0.114. The Kier molecular flexibility index (Phi) is 3.74. The summed E-state index contributed by atoms with van der Waals surface area (Å²) in [7, 11) is 1.68. The number of nitrogens with zero attached hydrogens (tertiary/aromatic N) is 3. The molecule has 2 aliphatic rings. The predicted molar refractivity (Wildman–Crippen MR) is 95.0 cm³/mol. The van der Waals surface area contributed by atoms with Crippen molar-refractivity contribution in [1.82, 2.24) is 9.55 Å². The largest absolute Gasteiger partial charge is 0.394 e. The van der Waals surface area contributed by atoms with Crippen LogP contribution in [0.25, 0.3) is 10.8 Å². The van der Waals surface area contributed by atoms with Crippen molar-refractivity contribution in [2.75, 3.05) is 24.3 Å². The molecule has 0 amide bonds. The first-order valence-corrected chi connectivity index (χ1v) is 8.12. The van der Waals surface area contributed by atoms with Gasteiger partial charge in [0.05, 0.1) is 18.3 Å². The molecule has 4 rings (SSSR count). The average molecular weight is 361 g/mol. The summed E-state index contributed by atoms with van der Waals surface area (Å²) in [5.41, 5.74) is -1.53. The van der Waals surface area contributed by atoms with Crippen LogP contribution in [0.3, 0.4) is 0 Å². The normalized spacial score (nSPS) is 29.8. The third-order valence-electron chi connectivity index (χ3n) is 4.87. The van der Waals surface area contributed by atoms with Crippen LogP contribution in [-0.2, 0) is 4.74 Å². The predicted octanol–water partition coefficient (Wildman–Crippen LogP) is -0.475. The summed E-state index contributed by atoms with van der Waals surface area (Å²) >= 11 is 0. The molecule has 2 aliphatic heterocycles. The molecule has 0 spiro atoms. The van der Waals surface area contributed by atoms with Gasteiger partial charge in [-0.1, -0.05) is 0 Å². The summed E-state index contributed by atoms with van der Waals surface area (Å²) < 4.78 is 7.28. The number of aliphatic imine (C=N–C) groups is 1. The van der Waals surface area contributed by atoms with Crippen LogP contribution >= 0.6 is 0 Å². The van der Waals surface area contributed by atoms with Gasteiger partial charge in [-0.05, 0) is 6.92 Å². The Morgan fingerprint density at radius 3 is 2.92 bits per heavy atom. The summed E-state index contributed by atoms with van der Waals surface area (Å²) in [6.45, 7) is 1.01. The molecule has 0 unspecified atom stereocenters. The number of aromatic nitrogens is 2. The van der Waals surface area contributed by atoms with Crippen LogP contribution in [-0.4, -0.2) is 62.7 Å². The summed E-state index contributed by atoms with van der Waals surface area (Å²) in [5.74, 6) is 0.761. The van der Waals surface area contributed by atoms with Crippen LogP contribution < -0.4 is 16.2 Å². The van der Waals surface area contributed by atoms with E-state index in [1.54, 1.807) is 17.8 Å². The van der Waals surface area contributed by atoms with Crippen molar-refractivity contribution < 1.29 is 20.1 Å². The van der Waals surface area contributed by atoms with Gasteiger partial charge in [-0.2, -0.15) is 4.98 Å². The number of aliphatic hydroxyl groups is 3. The Bertz CT molecular complexity index is 970. The molecule has 10 nitrogen and oxygen atoms in total. The van der Waals surface area contributed by atoms with Crippen molar-refractivity contribution in [3.8, 4) is 0 Å². The van der Waals surface area contributed by atoms with Gasteiger partial charge in [0, 0.05) is 30.4 Å². The highest BCUT2D eigenvalue weighted by Gasteiger charge is 2.53. The van der Waals surface area contributed by atoms with E-state index in [0.29, 0.717) is 28.1 Å². The average Bonchev–Trinajstić information content (AvgIpc) is 3.04. The smallest absolute Gasteiger partial charge is 0.273 e. The summed E-state index contributed by atoms with van der Waals surface area (Å²) in [6, 6.07) is 1.37. The fourth-order valence-corrected chi connectivity index (χ4v) is 3.52. The SMILES string of the molecule is CNc1cc(=O)nc2c3c(n([C@@H]4O[C@H](CO)[C@@H](O)[C@@]4(C)O)cc13)N=CN2. The zero-order valence-electron chi connectivity index (χ0n) is 14.2. The third-order valence-corrected chi connectivity index (χ3v) is 4.87. The van der Waals surface area contributed by atoms with Crippen molar-refractivity contribution >= 4 is 34.4 Å². The Labute approximate surface area is 147 Å². The molecule has 4 heterocycles. The first-order valence-electron chi connectivity index (χ1n) is 8.12. The highest BCUT2D eigenvalue weighted by molar-refractivity contribution is 6.10. The Morgan fingerprint density at radius 2 is 2.27 bits per heavy atom. The number of aliphatic hydroxyl groups excluding tert-OH is 2. The summed E-state index contributed by atoms with van der Waals surface area (Å²) in [4.78, 5) is 20.3. The lowest BCUT2D eigenvalue weighted by Gasteiger charge is -2.28. The Hall–Kier alpha value is -2.53. The van der Waals surface area contributed by atoms with E-state index in [1.165, 1.54) is 19.3 Å². The molecule has 2 aromatic heterocycles. The van der Waals surface area contributed by atoms with E-state index in [2.05, 4.69) is 20.6 Å². The van der Waals surface area contributed by atoms with Crippen molar-refractivity contribution in [2.45, 2.75) is 31.0 Å². The number of ether oxygens (including phenoxy) is 1. The number of rotatable bonds is 3. The quantitative estimate of drug-likeness (QED) is 0.494. The lowest BCUT2D eigenvalue weighted by atomic mass is 9.96. The Balaban J connectivity index is 1.99. The standard InChI is InChI=1S/C16H19N5O5/c1-16(25)12(24)9(5-22)26-15(16)21-4-7-8(17-2)3-10(23)20-13-11(7)14(21)19-6-18-13/h3-4,6,9,12,15,17,22,24-25H,5H2,1-2H3,(H,18,19,20,23)/t9-,12-,15-,16-/m1/s1. The van der Waals surface area contributed by atoms with Crippen molar-refractivity contribution in [2.24, 2.45) is 4.99 Å². The first kappa shape index (κ1) is 16.9. The number of nitrogens with one attached hydrogen (secondary N) is 2. The molecule has 1 fully saturated rings. The molecule has 26 heavy (non-hydrogen) atoms. The van der Waals surface area contributed by atoms with E-state index >= 15 is 0 Å². The first-order chi connectivity index (χ1) is 12.4. The van der Waals surface area contributed by atoms with Crippen molar-refractivity contribution in [3.63, 3.8) is 0 Å². The number of hydrogen-bond acceptors (Lipinski definition) is 9. The van der Waals surface area contributed by atoms with E-state index in [4.69, 9.17) is 4.74 Å². The van der Waals surface area contributed by atoms with Gasteiger partial charge in [-0.25, -0.2) is 4.99 Å². The second-order valence-electron chi connectivity index (χ2n) is 6.54. The van der Waals surface area contributed by atoms with Gasteiger partial charge in [0.2, 0.25) is 0 Å². The fraction of sp³-hybridized carbons (Fsp3) is 0.438. The van der Waals surface area contributed by atoms with Crippen LogP contribution in [0.2, 0.25) is 0 Å². The second-order valence-corrected chi connectivity index (χ2v) is 6.54. The van der Waals surface area contributed by atoms with Gasteiger partial charge >= 0.3 is 0 Å². The highest BCUT2D eigenvalue weighted by atomic mass is 16.6. The molecule has 0 radical (unpaired) electrons. The minimum atomic E-state index is -1.65. The van der Waals surface area contributed by atoms with E-state index < -0.39 is 36.2 Å². The zero-order chi connectivity index (χ0) is 18.6. The van der Waals surface area contributed by atoms with Crippen LogP contribution in [0.1, 0.15) is 13.2 Å². The zero-order valence-corrected chi connectivity index (χ0v) is 14.2. The van der Waals surface area contributed by atoms with Gasteiger partial charge < -0.3 is 35.3 Å². The molecular formula is C16H19N5O5. The lowest BCUT2D eigenvalue weighted by molar-refractivity contribution is -0.0955. The molecule has 2 aromatic rings. The molecule has 0 aliphatic carbocycles. The van der Waals surface area contributed by atoms with E-state index in [0.717, 1.165) is 0 Å². The second kappa shape index (κ2) is 5.74. The van der Waals surface area contributed by atoms with E-state index in [-0.39, 0.29) is 0 Å². The minimum Gasteiger partial charge on any atom is -0.394 e. The molecule has 0 aromatic carbocycles. The fourth-order valence-electron chi connectivity index (χ4n) is 3.52. The van der Waals surface area contributed by atoms with Crippen LogP contribution in [0.4, 0.5) is 17.3 Å². The number of anilines is 2. The monoisotopic (exact) mass is 361 g/mol. The van der Waals surface area contributed by atoms with Gasteiger partial charge in [0.1, 0.15) is 29.4 Å². The maximum atomic E-state index is 12.0. The molecule has 138 valence electrons. The molecule has 0 saturated carbocycles. The number of hydrogen-bond donors (Lipinski definition) is 5. The highest BCUT2D eigenvalue weighted by Crippen LogP contribution is 2.45. The van der Waals surface area contributed by atoms with Crippen LogP contribution in [0, 0.1) is 0 Å². The maximum Gasteiger partial charge on any atom is 0.273 e.